The zero-order valence-electron chi connectivity index (χ0n) is 21.4. The highest BCUT2D eigenvalue weighted by Gasteiger charge is 2.37. The second-order valence-corrected chi connectivity index (χ2v) is 10.5. The molecule has 1 heterocycles. The molecule has 2 aliphatic rings. The van der Waals surface area contributed by atoms with Gasteiger partial charge in [0.2, 0.25) is 0 Å². The summed E-state index contributed by atoms with van der Waals surface area (Å²) in [6.07, 6.45) is -0.112. The van der Waals surface area contributed by atoms with Crippen molar-refractivity contribution < 1.29 is 28.6 Å². The monoisotopic (exact) mass is 528 g/mol. The second-order valence-electron chi connectivity index (χ2n) is 10.3. The van der Waals surface area contributed by atoms with Gasteiger partial charge in [0, 0.05) is 19.0 Å². The Labute approximate surface area is 222 Å². The standard InChI is InChI=1S/C28H33ClN2O6/c1-28(2,3)37-27(34)31-14-12-18(13-15-31)24(25(32)36-17-29)30-26(33)35-16-23-21-10-6-4-8-19(21)20-9-5-7-11-22(20)23/h4-11,18,23-24H,12-17H2,1-3H3,(H,30,33). The van der Waals surface area contributed by atoms with Crippen molar-refractivity contribution in [1.29, 1.82) is 0 Å². The number of nitrogens with zero attached hydrogens (tertiary/aromatic N) is 1. The molecule has 1 unspecified atom stereocenters. The number of carbonyl (C=O) groups is 3. The Morgan fingerprint density at radius 1 is 0.973 bits per heavy atom. The molecule has 2 aromatic rings. The van der Waals surface area contributed by atoms with Gasteiger partial charge < -0.3 is 24.4 Å². The summed E-state index contributed by atoms with van der Waals surface area (Å²) in [5.74, 6) is -0.961. The van der Waals surface area contributed by atoms with Crippen LogP contribution in [-0.2, 0) is 19.0 Å². The van der Waals surface area contributed by atoms with Gasteiger partial charge >= 0.3 is 18.2 Å². The minimum Gasteiger partial charge on any atom is -0.449 e. The molecule has 1 aliphatic carbocycles. The van der Waals surface area contributed by atoms with E-state index in [9.17, 15) is 14.4 Å². The third kappa shape index (κ3) is 6.36. The van der Waals surface area contributed by atoms with Gasteiger partial charge in [0.15, 0.2) is 6.07 Å². The number of esters is 1. The molecule has 0 radical (unpaired) electrons. The maximum Gasteiger partial charge on any atom is 0.410 e. The van der Waals surface area contributed by atoms with Crippen LogP contribution in [-0.4, -0.2) is 60.5 Å². The van der Waals surface area contributed by atoms with Gasteiger partial charge in [0.05, 0.1) is 0 Å². The first-order chi connectivity index (χ1) is 17.7. The number of likely N-dealkylation sites (tertiary alicyclic amines) is 1. The number of halogens is 1. The van der Waals surface area contributed by atoms with Crippen LogP contribution in [0.5, 0.6) is 0 Å². The first-order valence-electron chi connectivity index (χ1n) is 12.5. The van der Waals surface area contributed by atoms with E-state index >= 15 is 0 Å². The minimum absolute atomic E-state index is 0.0940. The van der Waals surface area contributed by atoms with Gasteiger partial charge in [-0.05, 0) is 61.8 Å². The van der Waals surface area contributed by atoms with E-state index < -0.39 is 29.8 Å². The SMILES string of the molecule is CC(C)(C)OC(=O)N1CCC(C(NC(=O)OCC2c3ccccc3-c3ccccc32)C(=O)OCCl)CC1. The summed E-state index contributed by atoms with van der Waals surface area (Å²) in [6, 6.07) is 14.9. The molecule has 2 aromatic carbocycles. The number of hydrogen-bond donors (Lipinski definition) is 1. The summed E-state index contributed by atoms with van der Waals surface area (Å²) in [6.45, 7) is 6.37. The molecule has 8 nitrogen and oxygen atoms in total. The summed E-state index contributed by atoms with van der Waals surface area (Å²) in [4.78, 5) is 39.5. The van der Waals surface area contributed by atoms with Crippen molar-refractivity contribution in [2.45, 2.75) is 51.2 Å². The molecular formula is C28H33ClN2O6. The van der Waals surface area contributed by atoms with Crippen molar-refractivity contribution >= 4 is 29.8 Å². The molecule has 1 fully saturated rings. The Bertz CT molecular complexity index is 1090. The predicted molar refractivity (Wildman–Crippen MR) is 139 cm³/mol. The third-order valence-corrected chi connectivity index (χ3v) is 6.84. The van der Waals surface area contributed by atoms with Gasteiger partial charge in [0.1, 0.15) is 18.2 Å². The molecule has 4 rings (SSSR count). The number of nitrogens with one attached hydrogen (secondary N) is 1. The number of alkyl halides is 1. The first-order valence-corrected chi connectivity index (χ1v) is 13.0. The Morgan fingerprint density at radius 2 is 1.54 bits per heavy atom. The lowest BCUT2D eigenvalue weighted by molar-refractivity contribution is -0.146. The Morgan fingerprint density at radius 3 is 2.08 bits per heavy atom. The number of hydrogen-bond acceptors (Lipinski definition) is 6. The molecule has 37 heavy (non-hydrogen) atoms. The number of ether oxygens (including phenoxy) is 3. The minimum atomic E-state index is -0.935. The second kappa shape index (κ2) is 11.4. The molecule has 198 valence electrons. The summed E-state index contributed by atoms with van der Waals surface area (Å²) in [5.41, 5.74) is 3.87. The molecule has 2 amide bonds. The highest BCUT2D eigenvalue weighted by Crippen LogP contribution is 2.44. The molecule has 0 bridgehead atoms. The van der Waals surface area contributed by atoms with E-state index in [1.54, 1.807) is 4.90 Å². The van der Waals surface area contributed by atoms with Gasteiger partial charge in [-0.3, -0.25) is 0 Å². The van der Waals surface area contributed by atoms with Crippen LogP contribution in [0.2, 0.25) is 0 Å². The summed E-state index contributed by atoms with van der Waals surface area (Å²) >= 11 is 5.63. The number of benzene rings is 2. The third-order valence-electron chi connectivity index (χ3n) is 6.73. The van der Waals surface area contributed by atoms with Gasteiger partial charge in [-0.15, -0.1) is 0 Å². The van der Waals surface area contributed by atoms with Crippen molar-refractivity contribution in [2.24, 2.45) is 5.92 Å². The van der Waals surface area contributed by atoms with E-state index in [1.807, 2.05) is 57.2 Å². The smallest absolute Gasteiger partial charge is 0.410 e. The summed E-state index contributed by atoms with van der Waals surface area (Å²) in [5, 5.41) is 2.70. The largest absolute Gasteiger partial charge is 0.449 e. The predicted octanol–water partition coefficient (Wildman–Crippen LogP) is 5.28. The average molecular weight is 529 g/mol. The van der Waals surface area contributed by atoms with Gasteiger partial charge in [0.25, 0.3) is 0 Å². The topological polar surface area (TPSA) is 94.2 Å². The molecule has 0 aromatic heterocycles. The Balaban J connectivity index is 1.38. The van der Waals surface area contributed by atoms with Gasteiger partial charge in [-0.25, -0.2) is 14.4 Å². The van der Waals surface area contributed by atoms with Crippen molar-refractivity contribution in [1.82, 2.24) is 10.2 Å². The number of carbonyl (C=O) groups excluding carboxylic acids is 3. The van der Waals surface area contributed by atoms with Crippen molar-refractivity contribution in [2.75, 3.05) is 25.8 Å². The number of fused-ring (bicyclic) bond motifs is 3. The number of rotatable bonds is 6. The number of piperidine rings is 1. The molecule has 1 aliphatic heterocycles. The van der Waals surface area contributed by atoms with Crippen LogP contribution in [0, 0.1) is 5.92 Å². The normalized spacial score (nSPS) is 16.4. The molecule has 0 spiro atoms. The van der Waals surface area contributed by atoms with Crippen molar-refractivity contribution in [3.63, 3.8) is 0 Å². The highest BCUT2D eigenvalue weighted by molar-refractivity contribution is 6.17. The lowest BCUT2D eigenvalue weighted by atomic mass is 9.89. The number of alkyl carbamates (subject to hydrolysis) is 1. The van der Waals surface area contributed by atoms with Crippen LogP contribution in [0.25, 0.3) is 11.1 Å². The van der Waals surface area contributed by atoms with Crippen molar-refractivity contribution in [3.8, 4) is 11.1 Å². The summed E-state index contributed by atoms with van der Waals surface area (Å²) in [7, 11) is 0. The molecule has 1 saturated heterocycles. The van der Waals surface area contributed by atoms with Crippen LogP contribution in [0.3, 0.4) is 0 Å². The van der Waals surface area contributed by atoms with Crippen LogP contribution < -0.4 is 5.32 Å². The molecule has 1 atom stereocenters. The highest BCUT2D eigenvalue weighted by atomic mass is 35.5. The van der Waals surface area contributed by atoms with E-state index in [0.717, 1.165) is 22.3 Å². The maximum atomic E-state index is 12.9. The molecule has 0 saturated carbocycles. The van der Waals surface area contributed by atoms with Crippen LogP contribution in [0.1, 0.15) is 50.7 Å². The molecule has 9 heteroatoms. The fourth-order valence-electron chi connectivity index (χ4n) is 5.02. The zero-order chi connectivity index (χ0) is 26.6. The fraction of sp³-hybridized carbons (Fsp3) is 0.464. The van der Waals surface area contributed by atoms with E-state index in [-0.39, 0.29) is 24.5 Å². The van der Waals surface area contributed by atoms with E-state index in [4.69, 9.17) is 25.8 Å². The van der Waals surface area contributed by atoms with E-state index in [2.05, 4.69) is 17.4 Å². The van der Waals surface area contributed by atoms with Crippen LogP contribution in [0.15, 0.2) is 48.5 Å². The van der Waals surface area contributed by atoms with E-state index in [0.29, 0.717) is 25.9 Å². The maximum absolute atomic E-state index is 12.9. The van der Waals surface area contributed by atoms with E-state index in [1.165, 1.54) is 0 Å². The van der Waals surface area contributed by atoms with Crippen LogP contribution in [0.4, 0.5) is 9.59 Å². The number of amides is 2. The van der Waals surface area contributed by atoms with Crippen LogP contribution >= 0.6 is 11.6 Å². The Kier molecular flexibility index (Phi) is 8.27. The molecular weight excluding hydrogens is 496 g/mol. The average Bonchev–Trinajstić information content (AvgIpc) is 3.19. The van der Waals surface area contributed by atoms with Crippen molar-refractivity contribution in [3.05, 3.63) is 59.7 Å². The fourth-order valence-corrected chi connectivity index (χ4v) is 5.13. The lowest BCUT2D eigenvalue weighted by Gasteiger charge is -2.35. The van der Waals surface area contributed by atoms with Gasteiger partial charge in [-0.2, -0.15) is 0 Å². The summed E-state index contributed by atoms with van der Waals surface area (Å²) < 4.78 is 16.1. The molecule has 1 N–H and O–H groups in total. The van der Waals surface area contributed by atoms with Gasteiger partial charge in [-0.1, -0.05) is 60.1 Å². The Hall–Kier alpha value is -3.26. The zero-order valence-corrected chi connectivity index (χ0v) is 22.1. The first kappa shape index (κ1) is 26.8. The quantitative estimate of drug-likeness (QED) is 0.311. The lowest BCUT2D eigenvalue weighted by Crippen LogP contribution is -2.51.